The van der Waals surface area contributed by atoms with Gasteiger partial charge in [0.1, 0.15) is 0 Å². The minimum absolute atomic E-state index is 0.685. The Morgan fingerprint density at radius 2 is 2.06 bits per heavy atom. The molecule has 1 aromatic rings. The van der Waals surface area contributed by atoms with Crippen molar-refractivity contribution < 1.29 is 0 Å². The zero-order chi connectivity index (χ0) is 11.2. The topological polar surface area (TPSA) is 50.9 Å². The predicted molar refractivity (Wildman–Crippen MR) is 69.7 cm³/mol. The molecule has 1 heterocycles. The smallest absolute Gasteiger partial charge is 0.180 e. The van der Waals surface area contributed by atoms with Crippen LogP contribution in [0.5, 0.6) is 0 Å². The Balaban J connectivity index is 1.67. The van der Waals surface area contributed by atoms with Crippen molar-refractivity contribution in [3.8, 4) is 0 Å². The van der Waals surface area contributed by atoms with Crippen molar-refractivity contribution in [2.45, 2.75) is 51.0 Å². The first-order valence-electron chi connectivity index (χ1n) is 6.28. The quantitative estimate of drug-likeness (QED) is 0.794. The lowest BCUT2D eigenvalue weighted by molar-refractivity contribution is 0.462. The number of anilines is 1. The third-order valence-corrected chi connectivity index (χ3v) is 3.96. The molecule has 16 heavy (non-hydrogen) atoms. The second-order valence-electron chi connectivity index (χ2n) is 4.57. The summed E-state index contributed by atoms with van der Waals surface area (Å²) in [5.74, 6) is 0. The van der Waals surface area contributed by atoms with Crippen LogP contribution in [0.2, 0.25) is 0 Å². The molecule has 90 valence electrons. The van der Waals surface area contributed by atoms with Gasteiger partial charge in [0.25, 0.3) is 0 Å². The number of thiazole rings is 1. The molecule has 3 nitrogen and oxygen atoms in total. The second-order valence-corrected chi connectivity index (χ2v) is 5.46. The van der Waals surface area contributed by atoms with E-state index in [0.29, 0.717) is 5.13 Å². The molecule has 0 aliphatic heterocycles. The molecule has 0 atom stereocenters. The maximum Gasteiger partial charge on any atom is 0.180 e. The zero-order valence-corrected chi connectivity index (χ0v) is 10.6. The number of aromatic nitrogens is 1. The maximum absolute atomic E-state index is 5.60. The fourth-order valence-corrected chi connectivity index (χ4v) is 2.92. The number of nitrogens with one attached hydrogen (secondary N) is 1. The summed E-state index contributed by atoms with van der Waals surface area (Å²) >= 11 is 1.53. The molecule has 1 fully saturated rings. The van der Waals surface area contributed by atoms with Crippen molar-refractivity contribution in [1.82, 2.24) is 10.3 Å². The molecule has 0 aromatic carbocycles. The molecule has 2 rings (SSSR count). The van der Waals surface area contributed by atoms with Crippen LogP contribution < -0.4 is 11.1 Å². The van der Waals surface area contributed by atoms with Gasteiger partial charge in [-0.1, -0.05) is 25.7 Å². The lowest BCUT2D eigenvalue weighted by Gasteiger charge is -2.15. The standard InChI is InChI=1S/C12H21N3S/c13-12-15-11(9-16-12)7-8-14-10-5-3-1-2-4-6-10/h9-10,14H,1-8H2,(H2,13,15). The van der Waals surface area contributed by atoms with E-state index in [1.807, 2.05) is 0 Å². The molecule has 0 bridgehead atoms. The minimum atomic E-state index is 0.685. The highest BCUT2D eigenvalue weighted by Gasteiger charge is 2.11. The van der Waals surface area contributed by atoms with Gasteiger partial charge in [0, 0.05) is 24.4 Å². The van der Waals surface area contributed by atoms with Crippen molar-refractivity contribution in [2.24, 2.45) is 0 Å². The van der Waals surface area contributed by atoms with Gasteiger partial charge in [0.05, 0.1) is 5.69 Å². The van der Waals surface area contributed by atoms with Crippen molar-refractivity contribution in [2.75, 3.05) is 12.3 Å². The highest BCUT2D eigenvalue weighted by atomic mass is 32.1. The van der Waals surface area contributed by atoms with Gasteiger partial charge in [0.15, 0.2) is 5.13 Å². The van der Waals surface area contributed by atoms with Crippen LogP contribution in [0.3, 0.4) is 0 Å². The SMILES string of the molecule is Nc1nc(CCNC2CCCCCC2)cs1. The van der Waals surface area contributed by atoms with Crippen LogP contribution in [0, 0.1) is 0 Å². The van der Waals surface area contributed by atoms with Crippen molar-refractivity contribution in [1.29, 1.82) is 0 Å². The summed E-state index contributed by atoms with van der Waals surface area (Å²) in [7, 11) is 0. The normalized spacial score (nSPS) is 18.5. The number of nitrogen functional groups attached to an aromatic ring is 1. The summed E-state index contributed by atoms with van der Waals surface area (Å²) < 4.78 is 0. The van der Waals surface area contributed by atoms with E-state index < -0.39 is 0 Å². The first-order valence-corrected chi connectivity index (χ1v) is 7.16. The Kier molecular flexibility index (Phi) is 4.60. The van der Waals surface area contributed by atoms with Gasteiger partial charge in [0.2, 0.25) is 0 Å². The van der Waals surface area contributed by atoms with Crippen LogP contribution in [0.25, 0.3) is 0 Å². The second kappa shape index (κ2) is 6.21. The predicted octanol–water partition coefficient (Wildman–Crippen LogP) is 2.58. The Morgan fingerprint density at radius 1 is 1.31 bits per heavy atom. The molecule has 1 saturated carbocycles. The molecular formula is C12H21N3S. The first kappa shape index (κ1) is 11.9. The van der Waals surface area contributed by atoms with Crippen LogP contribution in [-0.2, 0) is 6.42 Å². The number of rotatable bonds is 4. The highest BCUT2D eigenvalue weighted by Crippen LogP contribution is 2.17. The van der Waals surface area contributed by atoms with E-state index in [4.69, 9.17) is 5.73 Å². The first-order chi connectivity index (χ1) is 7.84. The van der Waals surface area contributed by atoms with Crippen molar-refractivity contribution in [3.05, 3.63) is 11.1 Å². The minimum Gasteiger partial charge on any atom is -0.375 e. The number of hydrogen-bond donors (Lipinski definition) is 2. The highest BCUT2D eigenvalue weighted by molar-refractivity contribution is 7.13. The molecule has 1 aliphatic rings. The number of nitrogens with zero attached hydrogens (tertiary/aromatic N) is 1. The van der Waals surface area contributed by atoms with Gasteiger partial charge in [-0.05, 0) is 12.8 Å². The van der Waals surface area contributed by atoms with E-state index in [2.05, 4.69) is 15.7 Å². The molecule has 0 saturated heterocycles. The molecule has 0 radical (unpaired) electrons. The third-order valence-electron chi connectivity index (χ3n) is 3.24. The lowest BCUT2D eigenvalue weighted by atomic mass is 10.1. The lowest BCUT2D eigenvalue weighted by Crippen LogP contribution is -2.30. The monoisotopic (exact) mass is 239 g/mol. The molecule has 1 aromatic heterocycles. The summed E-state index contributed by atoms with van der Waals surface area (Å²) in [6.45, 7) is 1.04. The van der Waals surface area contributed by atoms with E-state index in [1.54, 1.807) is 0 Å². The van der Waals surface area contributed by atoms with Crippen molar-refractivity contribution in [3.63, 3.8) is 0 Å². The molecule has 4 heteroatoms. The van der Waals surface area contributed by atoms with Gasteiger partial charge in [-0.25, -0.2) is 4.98 Å². The van der Waals surface area contributed by atoms with E-state index in [-0.39, 0.29) is 0 Å². The van der Waals surface area contributed by atoms with E-state index >= 15 is 0 Å². The Hall–Kier alpha value is -0.610. The summed E-state index contributed by atoms with van der Waals surface area (Å²) in [6, 6.07) is 0.735. The van der Waals surface area contributed by atoms with Gasteiger partial charge in [-0.15, -0.1) is 11.3 Å². The molecule has 3 N–H and O–H groups in total. The van der Waals surface area contributed by atoms with Gasteiger partial charge >= 0.3 is 0 Å². The summed E-state index contributed by atoms with van der Waals surface area (Å²) in [5, 5.41) is 6.39. The molecular weight excluding hydrogens is 218 g/mol. The Labute approximate surface area is 101 Å². The number of hydrogen-bond acceptors (Lipinski definition) is 4. The molecule has 0 unspecified atom stereocenters. The zero-order valence-electron chi connectivity index (χ0n) is 9.74. The van der Waals surface area contributed by atoms with Crippen LogP contribution in [-0.4, -0.2) is 17.6 Å². The maximum atomic E-state index is 5.60. The van der Waals surface area contributed by atoms with Crippen LogP contribution in [0.4, 0.5) is 5.13 Å². The van der Waals surface area contributed by atoms with Gasteiger partial charge < -0.3 is 11.1 Å². The fourth-order valence-electron chi connectivity index (χ4n) is 2.33. The molecule has 0 spiro atoms. The Morgan fingerprint density at radius 3 is 2.69 bits per heavy atom. The summed E-state index contributed by atoms with van der Waals surface area (Å²) in [6.07, 6.45) is 9.31. The van der Waals surface area contributed by atoms with E-state index in [9.17, 15) is 0 Å². The average molecular weight is 239 g/mol. The molecule has 1 aliphatic carbocycles. The number of nitrogens with two attached hydrogens (primary N) is 1. The largest absolute Gasteiger partial charge is 0.375 e. The Bertz CT molecular complexity index is 303. The van der Waals surface area contributed by atoms with Crippen LogP contribution in [0.1, 0.15) is 44.2 Å². The third kappa shape index (κ3) is 3.76. The van der Waals surface area contributed by atoms with Gasteiger partial charge in [-0.3, -0.25) is 0 Å². The van der Waals surface area contributed by atoms with E-state index in [1.165, 1.54) is 49.9 Å². The summed E-state index contributed by atoms with van der Waals surface area (Å²) in [4.78, 5) is 4.27. The van der Waals surface area contributed by atoms with Gasteiger partial charge in [-0.2, -0.15) is 0 Å². The van der Waals surface area contributed by atoms with Crippen molar-refractivity contribution >= 4 is 16.5 Å². The van der Waals surface area contributed by atoms with Crippen LogP contribution in [0.15, 0.2) is 5.38 Å². The fraction of sp³-hybridized carbons (Fsp3) is 0.750. The summed E-state index contributed by atoms with van der Waals surface area (Å²) in [5.41, 5.74) is 6.73. The average Bonchev–Trinajstić information content (AvgIpc) is 2.54. The molecule has 0 amide bonds. The van der Waals surface area contributed by atoms with E-state index in [0.717, 1.165) is 24.7 Å². The van der Waals surface area contributed by atoms with Crippen LogP contribution >= 0.6 is 11.3 Å².